The van der Waals surface area contributed by atoms with Crippen molar-refractivity contribution in [3.63, 3.8) is 0 Å². The van der Waals surface area contributed by atoms with E-state index in [2.05, 4.69) is 26.6 Å². The third kappa shape index (κ3) is 7.51. The van der Waals surface area contributed by atoms with Crippen LogP contribution in [0.1, 0.15) is 12.5 Å². The molecule has 9 nitrogen and oxygen atoms in total. The van der Waals surface area contributed by atoms with Gasteiger partial charge in [-0.2, -0.15) is 5.26 Å². The Morgan fingerprint density at radius 1 is 0.974 bits per heavy atom. The Hall–Kier alpha value is -4.49. The molecular weight excluding hydrogens is 554 g/mol. The van der Waals surface area contributed by atoms with Crippen LogP contribution in [0.4, 0.5) is 11.4 Å². The van der Waals surface area contributed by atoms with Crippen molar-refractivity contribution in [3.8, 4) is 29.1 Å². The molecular formula is C28H26BrN3O6. The number of carbonyl (C=O) groups excluding carboxylic acids is 2. The molecule has 0 aromatic heterocycles. The second-order valence-corrected chi connectivity index (χ2v) is 8.51. The van der Waals surface area contributed by atoms with Crippen LogP contribution >= 0.6 is 15.9 Å². The van der Waals surface area contributed by atoms with Crippen LogP contribution in [0.25, 0.3) is 6.08 Å². The number of nitriles is 1. The normalized spacial score (nSPS) is 10.7. The molecule has 0 fully saturated rings. The monoisotopic (exact) mass is 579 g/mol. The van der Waals surface area contributed by atoms with Crippen molar-refractivity contribution in [2.24, 2.45) is 0 Å². The number of para-hydroxylation sites is 2. The highest BCUT2D eigenvalue weighted by Crippen LogP contribution is 2.37. The molecule has 0 spiro atoms. The van der Waals surface area contributed by atoms with Crippen LogP contribution in [0, 0.1) is 11.3 Å². The Balaban J connectivity index is 1.76. The van der Waals surface area contributed by atoms with Gasteiger partial charge in [-0.1, -0.05) is 12.1 Å². The van der Waals surface area contributed by atoms with Gasteiger partial charge in [0.25, 0.3) is 11.8 Å². The molecule has 0 aliphatic carbocycles. The molecule has 0 unspecified atom stereocenters. The molecule has 0 atom stereocenters. The fourth-order valence-corrected chi connectivity index (χ4v) is 3.91. The predicted octanol–water partition coefficient (Wildman–Crippen LogP) is 5.43. The molecule has 0 radical (unpaired) electrons. The first-order valence-electron chi connectivity index (χ1n) is 11.5. The molecule has 0 heterocycles. The van der Waals surface area contributed by atoms with Crippen LogP contribution < -0.4 is 29.6 Å². The summed E-state index contributed by atoms with van der Waals surface area (Å²) in [5.41, 5.74) is 1.45. The molecule has 10 heteroatoms. The van der Waals surface area contributed by atoms with Gasteiger partial charge in [0.1, 0.15) is 23.1 Å². The number of hydrogen-bond donors (Lipinski definition) is 2. The van der Waals surface area contributed by atoms with Crippen molar-refractivity contribution in [2.75, 3.05) is 38.1 Å². The van der Waals surface area contributed by atoms with E-state index in [0.29, 0.717) is 51.0 Å². The van der Waals surface area contributed by atoms with E-state index in [9.17, 15) is 14.9 Å². The molecule has 0 saturated carbocycles. The van der Waals surface area contributed by atoms with Crippen LogP contribution in [0.5, 0.6) is 23.0 Å². The molecule has 0 saturated heterocycles. The Kier molecular flexibility index (Phi) is 10.1. The lowest BCUT2D eigenvalue weighted by Crippen LogP contribution is -2.21. The maximum absolute atomic E-state index is 12.7. The molecule has 2 amide bonds. The van der Waals surface area contributed by atoms with Gasteiger partial charge in [0.05, 0.1) is 31.0 Å². The SMILES string of the molecule is CCOc1cc(/C=C(/C#N)C(=O)Nc2ccc(OC)cc2)cc(Br)c1OCC(=O)Nc1ccccc1OC. The number of methoxy groups -OCH3 is 2. The summed E-state index contributed by atoms with van der Waals surface area (Å²) in [7, 11) is 3.06. The van der Waals surface area contributed by atoms with Crippen LogP contribution in [0.3, 0.4) is 0 Å². The standard InChI is InChI=1S/C28H26BrN3O6/c1-4-37-25-15-18(13-19(16-30)28(34)31-20-9-11-21(35-2)12-10-20)14-22(29)27(25)38-17-26(33)32-23-7-5-6-8-24(23)36-3/h5-15H,4,17H2,1-3H3,(H,31,34)(H,32,33)/b19-13-. The molecule has 0 aliphatic rings. The Morgan fingerprint density at radius 3 is 2.37 bits per heavy atom. The van der Waals surface area contributed by atoms with E-state index >= 15 is 0 Å². The van der Waals surface area contributed by atoms with Crippen molar-refractivity contribution < 1.29 is 28.5 Å². The summed E-state index contributed by atoms with van der Waals surface area (Å²) in [6.45, 7) is 1.84. The second-order valence-electron chi connectivity index (χ2n) is 7.65. The number of nitrogens with zero attached hydrogens (tertiary/aromatic N) is 1. The lowest BCUT2D eigenvalue weighted by atomic mass is 10.1. The van der Waals surface area contributed by atoms with Crippen molar-refractivity contribution in [2.45, 2.75) is 6.92 Å². The van der Waals surface area contributed by atoms with Gasteiger partial charge in [0.15, 0.2) is 18.1 Å². The maximum Gasteiger partial charge on any atom is 0.266 e. The zero-order chi connectivity index (χ0) is 27.5. The highest BCUT2D eigenvalue weighted by atomic mass is 79.9. The van der Waals surface area contributed by atoms with E-state index in [4.69, 9.17) is 18.9 Å². The van der Waals surface area contributed by atoms with E-state index in [1.54, 1.807) is 74.7 Å². The zero-order valence-corrected chi connectivity index (χ0v) is 22.6. The fraction of sp³-hybridized carbons (Fsp3) is 0.179. The largest absolute Gasteiger partial charge is 0.497 e. The average Bonchev–Trinajstić information content (AvgIpc) is 2.92. The first-order chi connectivity index (χ1) is 18.4. The Bertz CT molecular complexity index is 1370. The average molecular weight is 580 g/mol. The highest BCUT2D eigenvalue weighted by molar-refractivity contribution is 9.10. The van der Waals surface area contributed by atoms with Crippen LogP contribution in [-0.4, -0.2) is 39.2 Å². The number of rotatable bonds is 11. The second kappa shape index (κ2) is 13.7. The number of amides is 2. The molecule has 196 valence electrons. The van der Waals surface area contributed by atoms with Crippen molar-refractivity contribution in [3.05, 3.63) is 76.3 Å². The number of carbonyl (C=O) groups is 2. The van der Waals surface area contributed by atoms with Crippen molar-refractivity contribution in [1.82, 2.24) is 0 Å². The summed E-state index contributed by atoms with van der Waals surface area (Å²) >= 11 is 3.44. The molecule has 2 N–H and O–H groups in total. The lowest BCUT2D eigenvalue weighted by molar-refractivity contribution is -0.118. The van der Waals surface area contributed by atoms with Gasteiger partial charge in [-0.3, -0.25) is 9.59 Å². The summed E-state index contributed by atoms with van der Waals surface area (Å²) in [5, 5.41) is 15.0. The van der Waals surface area contributed by atoms with Gasteiger partial charge in [0.2, 0.25) is 0 Å². The third-order valence-electron chi connectivity index (χ3n) is 5.08. The minimum absolute atomic E-state index is 0.111. The first kappa shape index (κ1) is 28.1. The van der Waals surface area contributed by atoms with Gasteiger partial charge >= 0.3 is 0 Å². The Morgan fingerprint density at radius 2 is 1.71 bits per heavy atom. The van der Waals surface area contributed by atoms with Crippen LogP contribution in [0.15, 0.2) is 70.7 Å². The molecule has 3 aromatic rings. The number of nitrogens with one attached hydrogen (secondary N) is 2. The topological polar surface area (TPSA) is 119 Å². The van der Waals surface area contributed by atoms with E-state index < -0.39 is 11.8 Å². The van der Waals surface area contributed by atoms with Crippen LogP contribution in [-0.2, 0) is 9.59 Å². The molecule has 3 rings (SSSR count). The minimum atomic E-state index is -0.569. The smallest absolute Gasteiger partial charge is 0.266 e. The minimum Gasteiger partial charge on any atom is -0.497 e. The van der Waals surface area contributed by atoms with Crippen molar-refractivity contribution >= 4 is 45.2 Å². The summed E-state index contributed by atoms with van der Waals surface area (Å²) in [4.78, 5) is 25.2. The number of halogens is 1. The third-order valence-corrected chi connectivity index (χ3v) is 5.67. The van der Waals surface area contributed by atoms with Gasteiger partial charge in [-0.05, 0) is 83.0 Å². The highest BCUT2D eigenvalue weighted by Gasteiger charge is 2.16. The number of anilines is 2. The molecule has 0 aliphatic heterocycles. The van der Waals surface area contributed by atoms with Crippen LogP contribution in [0.2, 0.25) is 0 Å². The molecule has 3 aromatic carbocycles. The van der Waals surface area contributed by atoms with Gasteiger partial charge in [-0.25, -0.2) is 0 Å². The quantitative estimate of drug-likeness (QED) is 0.229. The van der Waals surface area contributed by atoms with Crippen molar-refractivity contribution in [1.29, 1.82) is 5.26 Å². The summed E-state index contributed by atoms with van der Waals surface area (Å²) in [6.07, 6.45) is 1.43. The zero-order valence-electron chi connectivity index (χ0n) is 21.0. The van der Waals surface area contributed by atoms with Gasteiger partial charge in [-0.15, -0.1) is 0 Å². The van der Waals surface area contributed by atoms with E-state index in [0.717, 1.165) is 0 Å². The lowest BCUT2D eigenvalue weighted by Gasteiger charge is -2.15. The van der Waals surface area contributed by atoms with E-state index in [-0.39, 0.29) is 12.2 Å². The number of benzene rings is 3. The van der Waals surface area contributed by atoms with E-state index in [1.165, 1.54) is 13.2 Å². The summed E-state index contributed by atoms with van der Waals surface area (Å²) in [5.74, 6) is 0.853. The first-order valence-corrected chi connectivity index (χ1v) is 12.3. The Labute approximate surface area is 229 Å². The fourth-order valence-electron chi connectivity index (χ4n) is 3.33. The maximum atomic E-state index is 12.7. The number of ether oxygens (including phenoxy) is 4. The van der Waals surface area contributed by atoms with Gasteiger partial charge < -0.3 is 29.6 Å². The number of hydrogen-bond acceptors (Lipinski definition) is 7. The summed E-state index contributed by atoms with van der Waals surface area (Å²) < 4.78 is 22.3. The van der Waals surface area contributed by atoms with Gasteiger partial charge in [0, 0.05) is 5.69 Å². The van der Waals surface area contributed by atoms with E-state index in [1.807, 2.05) is 6.07 Å². The summed E-state index contributed by atoms with van der Waals surface area (Å²) in [6, 6.07) is 19.0. The predicted molar refractivity (Wildman–Crippen MR) is 148 cm³/mol. The molecule has 38 heavy (non-hydrogen) atoms. The molecule has 0 bridgehead atoms.